The van der Waals surface area contributed by atoms with Crippen molar-refractivity contribution in [2.75, 3.05) is 5.75 Å². The number of aromatic amines is 1. The molecule has 34 heavy (non-hydrogen) atoms. The van der Waals surface area contributed by atoms with E-state index in [1.807, 2.05) is 21.9 Å². The van der Waals surface area contributed by atoms with Crippen LogP contribution in [0, 0.1) is 5.82 Å². The van der Waals surface area contributed by atoms with Gasteiger partial charge in [0.25, 0.3) is 11.5 Å². The fourth-order valence-corrected chi connectivity index (χ4v) is 6.08. The minimum absolute atomic E-state index is 0.105. The van der Waals surface area contributed by atoms with Crippen molar-refractivity contribution in [3.05, 3.63) is 79.6 Å². The monoisotopic (exact) mass is 494 g/mol. The van der Waals surface area contributed by atoms with Crippen molar-refractivity contribution in [2.24, 2.45) is 5.10 Å². The van der Waals surface area contributed by atoms with Gasteiger partial charge in [-0.2, -0.15) is 5.10 Å². The second-order valence-electron chi connectivity index (χ2n) is 8.20. The van der Waals surface area contributed by atoms with Gasteiger partial charge in [0.05, 0.1) is 22.4 Å². The summed E-state index contributed by atoms with van der Waals surface area (Å²) in [6.07, 6.45) is 2.98. The zero-order valence-corrected chi connectivity index (χ0v) is 19.5. The summed E-state index contributed by atoms with van der Waals surface area (Å²) in [5.74, 6) is -0.000322. The molecule has 1 atom stereocenters. The summed E-state index contributed by atoms with van der Waals surface area (Å²) >= 11 is 2.85. The standard InChI is InChI=1S/C23H19FN6O2S2/c24-14-8-6-13(7-9-14)18-11-16(19-5-2-10-33-19)28-30(18)20(31)12-34-23-27-26-22-25-21(32)15-3-1-4-17(15)29(22)23/h2,5-10,18H,1,3-4,11-12H2,(H,25,26,32). The highest BCUT2D eigenvalue weighted by atomic mass is 32.2. The van der Waals surface area contributed by atoms with Crippen LogP contribution >= 0.6 is 23.1 Å². The summed E-state index contributed by atoms with van der Waals surface area (Å²) in [6, 6.07) is 9.84. The number of rotatable bonds is 5. The molecule has 1 aromatic carbocycles. The first-order valence-electron chi connectivity index (χ1n) is 10.9. The number of thioether (sulfide) groups is 1. The molecule has 1 N–H and O–H groups in total. The second-order valence-corrected chi connectivity index (χ2v) is 10.1. The van der Waals surface area contributed by atoms with E-state index in [9.17, 15) is 14.0 Å². The van der Waals surface area contributed by atoms with E-state index < -0.39 is 0 Å². The van der Waals surface area contributed by atoms with Crippen molar-refractivity contribution >= 4 is 40.5 Å². The Labute approximate surface area is 201 Å². The fourth-order valence-electron chi connectivity index (χ4n) is 4.55. The molecule has 6 rings (SSSR count). The Hall–Kier alpha value is -3.31. The van der Waals surface area contributed by atoms with Crippen LogP contribution in [-0.2, 0) is 17.6 Å². The molecule has 172 valence electrons. The summed E-state index contributed by atoms with van der Waals surface area (Å²) < 4.78 is 15.4. The molecule has 1 amide bonds. The number of halogens is 1. The number of nitrogens with one attached hydrogen (secondary N) is 1. The fraction of sp³-hybridized carbons (Fsp3) is 0.261. The molecule has 1 unspecified atom stereocenters. The van der Waals surface area contributed by atoms with E-state index in [-0.39, 0.29) is 29.1 Å². The maximum atomic E-state index is 13.5. The number of H-pyrrole nitrogens is 1. The minimum atomic E-state index is -0.321. The lowest BCUT2D eigenvalue weighted by Gasteiger charge is -2.21. The van der Waals surface area contributed by atoms with Crippen molar-refractivity contribution in [2.45, 2.75) is 36.9 Å². The molecule has 1 aliphatic carbocycles. The van der Waals surface area contributed by atoms with E-state index in [0.717, 1.165) is 46.7 Å². The van der Waals surface area contributed by atoms with E-state index in [2.05, 4.69) is 20.3 Å². The maximum Gasteiger partial charge on any atom is 0.255 e. The summed E-state index contributed by atoms with van der Waals surface area (Å²) in [5.41, 5.74) is 3.24. The molecule has 1 aliphatic heterocycles. The van der Waals surface area contributed by atoms with Crippen LogP contribution < -0.4 is 5.56 Å². The zero-order chi connectivity index (χ0) is 23.2. The summed E-state index contributed by atoms with van der Waals surface area (Å²) in [4.78, 5) is 29.4. The number of fused-ring (bicyclic) bond motifs is 3. The van der Waals surface area contributed by atoms with Crippen LogP contribution in [-0.4, -0.2) is 42.0 Å². The van der Waals surface area contributed by atoms with Crippen LogP contribution in [0.25, 0.3) is 5.78 Å². The molecular formula is C23H19FN6O2S2. The topological polar surface area (TPSA) is 95.7 Å². The third-order valence-corrected chi connectivity index (χ3v) is 7.97. The summed E-state index contributed by atoms with van der Waals surface area (Å²) in [5, 5.41) is 17.0. The Balaban J connectivity index is 1.28. The minimum Gasteiger partial charge on any atom is -0.290 e. The molecule has 0 spiro atoms. The van der Waals surface area contributed by atoms with Crippen molar-refractivity contribution in [3.63, 3.8) is 0 Å². The highest BCUT2D eigenvalue weighted by Crippen LogP contribution is 2.35. The Morgan fingerprint density at radius 1 is 1.21 bits per heavy atom. The largest absolute Gasteiger partial charge is 0.290 e. The number of hydrogen-bond donors (Lipinski definition) is 1. The first-order chi connectivity index (χ1) is 16.6. The van der Waals surface area contributed by atoms with Crippen LogP contribution in [0.4, 0.5) is 4.39 Å². The lowest BCUT2D eigenvalue weighted by Crippen LogP contribution is -2.28. The highest BCUT2D eigenvalue weighted by Gasteiger charge is 2.33. The van der Waals surface area contributed by atoms with Crippen LogP contribution in [0.1, 0.15) is 40.6 Å². The number of aromatic nitrogens is 4. The molecule has 4 heterocycles. The van der Waals surface area contributed by atoms with Gasteiger partial charge in [-0.05, 0) is 48.4 Å². The van der Waals surface area contributed by atoms with Gasteiger partial charge in [-0.15, -0.1) is 21.5 Å². The Bertz CT molecular complexity index is 1480. The van der Waals surface area contributed by atoms with Gasteiger partial charge in [0.2, 0.25) is 5.78 Å². The number of thiophene rings is 1. The summed E-state index contributed by atoms with van der Waals surface area (Å²) in [6.45, 7) is 0. The molecule has 0 saturated heterocycles. The molecule has 8 nitrogen and oxygen atoms in total. The molecule has 0 fully saturated rings. The third kappa shape index (κ3) is 3.64. The van der Waals surface area contributed by atoms with E-state index in [0.29, 0.717) is 17.4 Å². The SMILES string of the molecule is O=C(CSc1nnc2[nH]c(=O)c3c(n12)CCC3)N1N=C(c2cccs2)CC1c1ccc(F)cc1. The molecule has 2 aliphatic rings. The molecule has 3 aromatic heterocycles. The number of amides is 1. The van der Waals surface area contributed by atoms with Gasteiger partial charge in [0.15, 0.2) is 5.16 Å². The molecule has 0 bridgehead atoms. The zero-order valence-electron chi connectivity index (χ0n) is 17.9. The van der Waals surface area contributed by atoms with E-state index in [4.69, 9.17) is 0 Å². The van der Waals surface area contributed by atoms with E-state index in [1.165, 1.54) is 28.9 Å². The average molecular weight is 495 g/mol. The van der Waals surface area contributed by atoms with Crippen molar-refractivity contribution < 1.29 is 9.18 Å². The summed E-state index contributed by atoms with van der Waals surface area (Å²) in [7, 11) is 0. The predicted octanol–water partition coefficient (Wildman–Crippen LogP) is 3.58. The number of carbonyl (C=O) groups excluding carboxylic acids is 1. The Morgan fingerprint density at radius 2 is 2.06 bits per heavy atom. The number of nitrogens with zero attached hydrogens (tertiary/aromatic N) is 5. The number of aryl methyl sites for hydroxylation is 1. The van der Waals surface area contributed by atoms with E-state index in [1.54, 1.807) is 23.5 Å². The van der Waals surface area contributed by atoms with E-state index >= 15 is 0 Å². The predicted molar refractivity (Wildman–Crippen MR) is 128 cm³/mol. The van der Waals surface area contributed by atoms with Gasteiger partial charge in [-0.25, -0.2) is 9.40 Å². The van der Waals surface area contributed by atoms with Gasteiger partial charge in [-0.3, -0.25) is 19.0 Å². The van der Waals surface area contributed by atoms with Gasteiger partial charge >= 0.3 is 0 Å². The second kappa shape index (κ2) is 8.48. The van der Waals surface area contributed by atoms with Gasteiger partial charge in [0, 0.05) is 17.7 Å². The van der Waals surface area contributed by atoms with Gasteiger partial charge < -0.3 is 0 Å². The Morgan fingerprint density at radius 3 is 2.85 bits per heavy atom. The average Bonchev–Trinajstić information content (AvgIpc) is 3.63. The van der Waals surface area contributed by atoms with Crippen LogP contribution in [0.2, 0.25) is 0 Å². The number of carbonyl (C=O) groups is 1. The lowest BCUT2D eigenvalue weighted by atomic mass is 10.0. The van der Waals surface area contributed by atoms with Crippen molar-refractivity contribution in [3.8, 4) is 0 Å². The third-order valence-electron chi connectivity index (χ3n) is 6.14. The number of hydrogen-bond acceptors (Lipinski definition) is 7. The molecule has 4 aromatic rings. The van der Waals surface area contributed by atoms with Crippen LogP contribution in [0.5, 0.6) is 0 Å². The lowest BCUT2D eigenvalue weighted by molar-refractivity contribution is -0.130. The smallest absolute Gasteiger partial charge is 0.255 e. The first kappa shape index (κ1) is 21.2. The quantitative estimate of drug-likeness (QED) is 0.428. The molecular weight excluding hydrogens is 475 g/mol. The van der Waals surface area contributed by atoms with Crippen molar-refractivity contribution in [1.82, 2.24) is 24.6 Å². The first-order valence-corrected chi connectivity index (χ1v) is 12.8. The van der Waals surface area contributed by atoms with Crippen LogP contribution in [0.15, 0.2) is 56.8 Å². The normalized spacial score (nSPS) is 17.4. The van der Waals surface area contributed by atoms with Gasteiger partial charge in [-0.1, -0.05) is 30.0 Å². The Kier molecular flexibility index (Phi) is 5.30. The van der Waals surface area contributed by atoms with Crippen LogP contribution in [0.3, 0.4) is 0 Å². The maximum absolute atomic E-state index is 13.5. The van der Waals surface area contributed by atoms with Gasteiger partial charge in [0.1, 0.15) is 5.82 Å². The molecule has 11 heteroatoms. The molecule has 0 radical (unpaired) electrons. The van der Waals surface area contributed by atoms with Crippen molar-refractivity contribution in [1.29, 1.82) is 0 Å². The number of benzene rings is 1. The molecule has 0 saturated carbocycles. The number of hydrazone groups is 1. The highest BCUT2D eigenvalue weighted by molar-refractivity contribution is 7.99.